The van der Waals surface area contributed by atoms with E-state index in [9.17, 15) is 4.79 Å². The molecule has 0 aliphatic heterocycles. The molecule has 2 aromatic rings. The van der Waals surface area contributed by atoms with E-state index in [2.05, 4.69) is 10.3 Å². The molecule has 0 fully saturated rings. The van der Waals surface area contributed by atoms with Gasteiger partial charge in [-0.25, -0.2) is 9.78 Å². The molecule has 0 unspecified atom stereocenters. The number of hydrogen-bond donors (Lipinski definition) is 2. The fourth-order valence-electron chi connectivity index (χ4n) is 1.56. The minimum Gasteiger partial charge on any atom is -0.462 e. The number of carbonyl (C=O) groups is 1. The van der Waals surface area contributed by atoms with Gasteiger partial charge in [0.25, 0.3) is 0 Å². The number of anilines is 2. The number of ether oxygens (including phenoxy) is 1. The second kappa shape index (κ2) is 6.19. The fourth-order valence-corrected chi connectivity index (χ4v) is 2.12. The number of nitrogen functional groups attached to an aromatic ring is 1. The maximum Gasteiger partial charge on any atom is 0.338 e. The number of hydrogen-bond acceptors (Lipinski definition) is 6. The summed E-state index contributed by atoms with van der Waals surface area (Å²) in [6, 6.07) is 5.04. The van der Waals surface area contributed by atoms with Gasteiger partial charge in [0.2, 0.25) is 0 Å². The third kappa shape index (κ3) is 3.45. The number of nitrogens with zero attached hydrogens (tertiary/aromatic N) is 1. The van der Waals surface area contributed by atoms with Crippen molar-refractivity contribution in [3.05, 3.63) is 40.3 Å². The Hall–Kier alpha value is -2.08. The van der Waals surface area contributed by atoms with Crippen LogP contribution in [0.3, 0.4) is 0 Å². The van der Waals surface area contributed by atoms with E-state index in [0.717, 1.165) is 5.01 Å². The molecule has 100 valence electrons. The fraction of sp³-hybridized carbons (Fsp3) is 0.231. The van der Waals surface area contributed by atoms with Gasteiger partial charge >= 0.3 is 5.97 Å². The number of benzene rings is 1. The molecule has 1 aromatic heterocycles. The maximum atomic E-state index is 11.6. The summed E-state index contributed by atoms with van der Waals surface area (Å²) in [4.78, 5) is 15.8. The van der Waals surface area contributed by atoms with Crippen LogP contribution < -0.4 is 11.1 Å². The Morgan fingerprint density at radius 1 is 1.53 bits per heavy atom. The molecule has 0 aliphatic carbocycles. The van der Waals surface area contributed by atoms with Gasteiger partial charge in [-0.05, 0) is 25.1 Å². The van der Waals surface area contributed by atoms with Crippen LogP contribution in [-0.2, 0) is 11.3 Å². The molecule has 1 heterocycles. The summed E-state index contributed by atoms with van der Waals surface area (Å²) in [5, 5.41) is 6.04. The zero-order valence-electron chi connectivity index (χ0n) is 10.6. The number of aromatic nitrogens is 1. The van der Waals surface area contributed by atoms with Gasteiger partial charge < -0.3 is 15.8 Å². The quantitative estimate of drug-likeness (QED) is 0.648. The lowest BCUT2D eigenvalue weighted by Crippen LogP contribution is -2.07. The van der Waals surface area contributed by atoms with Gasteiger partial charge in [0.15, 0.2) is 0 Å². The van der Waals surface area contributed by atoms with Crippen molar-refractivity contribution in [2.75, 3.05) is 17.7 Å². The van der Waals surface area contributed by atoms with E-state index in [4.69, 9.17) is 10.5 Å². The lowest BCUT2D eigenvalue weighted by molar-refractivity contribution is 0.0526. The van der Waals surface area contributed by atoms with Crippen molar-refractivity contribution in [2.24, 2.45) is 0 Å². The highest BCUT2D eigenvalue weighted by Crippen LogP contribution is 2.21. The number of esters is 1. The predicted molar refractivity (Wildman–Crippen MR) is 76.3 cm³/mol. The van der Waals surface area contributed by atoms with E-state index in [1.165, 1.54) is 0 Å². The number of rotatable bonds is 5. The summed E-state index contributed by atoms with van der Waals surface area (Å²) in [5.74, 6) is -0.347. The molecule has 0 saturated heterocycles. The molecule has 1 aromatic carbocycles. The topological polar surface area (TPSA) is 77.2 Å². The highest BCUT2D eigenvalue weighted by atomic mass is 32.1. The van der Waals surface area contributed by atoms with E-state index in [0.29, 0.717) is 30.1 Å². The Balaban J connectivity index is 2.10. The first kappa shape index (κ1) is 13.4. The molecule has 3 N–H and O–H groups in total. The van der Waals surface area contributed by atoms with Crippen molar-refractivity contribution in [1.29, 1.82) is 0 Å². The first-order valence-electron chi connectivity index (χ1n) is 5.89. The van der Waals surface area contributed by atoms with Crippen LogP contribution >= 0.6 is 11.3 Å². The van der Waals surface area contributed by atoms with Crippen LogP contribution in [0.5, 0.6) is 0 Å². The van der Waals surface area contributed by atoms with Crippen molar-refractivity contribution in [2.45, 2.75) is 13.5 Å². The molecule has 6 heteroatoms. The van der Waals surface area contributed by atoms with Crippen LogP contribution in [0.15, 0.2) is 29.8 Å². The summed E-state index contributed by atoms with van der Waals surface area (Å²) >= 11 is 1.56. The van der Waals surface area contributed by atoms with Gasteiger partial charge in [-0.2, -0.15) is 0 Å². The average molecular weight is 277 g/mol. The SMILES string of the molecule is CCOC(=O)c1ccc(N)c(NCc2nccs2)c1. The Labute approximate surface area is 115 Å². The van der Waals surface area contributed by atoms with E-state index < -0.39 is 0 Å². The molecule has 0 spiro atoms. The van der Waals surface area contributed by atoms with E-state index in [1.807, 2.05) is 5.38 Å². The van der Waals surface area contributed by atoms with Crippen LogP contribution in [0.2, 0.25) is 0 Å². The van der Waals surface area contributed by atoms with Crippen LogP contribution in [0.25, 0.3) is 0 Å². The zero-order chi connectivity index (χ0) is 13.7. The molecule has 0 bridgehead atoms. The smallest absolute Gasteiger partial charge is 0.338 e. The largest absolute Gasteiger partial charge is 0.462 e. The molecule has 0 amide bonds. The van der Waals surface area contributed by atoms with Crippen LogP contribution in [-0.4, -0.2) is 17.6 Å². The van der Waals surface area contributed by atoms with Crippen molar-refractivity contribution in [3.63, 3.8) is 0 Å². The number of nitrogens with two attached hydrogens (primary N) is 1. The normalized spacial score (nSPS) is 10.2. The minimum atomic E-state index is -0.347. The Kier molecular flexibility index (Phi) is 4.35. The number of nitrogens with one attached hydrogen (secondary N) is 1. The van der Waals surface area contributed by atoms with Gasteiger partial charge in [0.1, 0.15) is 5.01 Å². The first-order valence-corrected chi connectivity index (χ1v) is 6.77. The monoisotopic (exact) mass is 277 g/mol. The standard InChI is InChI=1S/C13H15N3O2S/c1-2-18-13(17)9-3-4-10(14)11(7-9)16-8-12-15-5-6-19-12/h3-7,16H,2,8,14H2,1H3. The molecule has 2 rings (SSSR count). The molecular formula is C13H15N3O2S. The highest BCUT2D eigenvalue weighted by Gasteiger charge is 2.09. The van der Waals surface area contributed by atoms with Crippen molar-refractivity contribution in [3.8, 4) is 0 Å². The van der Waals surface area contributed by atoms with Gasteiger partial charge in [-0.1, -0.05) is 0 Å². The summed E-state index contributed by atoms with van der Waals surface area (Å²) in [7, 11) is 0. The van der Waals surface area contributed by atoms with Gasteiger partial charge in [-0.3, -0.25) is 0 Å². The summed E-state index contributed by atoms with van der Waals surface area (Å²) in [6.45, 7) is 2.70. The average Bonchev–Trinajstić information content (AvgIpc) is 2.91. The van der Waals surface area contributed by atoms with E-state index in [1.54, 1.807) is 42.7 Å². The number of thiazole rings is 1. The van der Waals surface area contributed by atoms with E-state index in [-0.39, 0.29) is 5.97 Å². The summed E-state index contributed by atoms with van der Waals surface area (Å²) in [5.41, 5.74) is 7.65. The van der Waals surface area contributed by atoms with Crippen LogP contribution in [0.1, 0.15) is 22.3 Å². The Morgan fingerprint density at radius 2 is 2.37 bits per heavy atom. The highest BCUT2D eigenvalue weighted by molar-refractivity contribution is 7.09. The molecule has 0 atom stereocenters. The molecule has 0 saturated carbocycles. The summed E-state index contributed by atoms with van der Waals surface area (Å²) in [6.07, 6.45) is 1.75. The van der Waals surface area contributed by atoms with Gasteiger partial charge in [0, 0.05) is 11.6 Å². The van der Waals surface area contributed by atoms with Crippen LogP contribution in [0.4, 0.5) is 11.4 Å². The van der Waals surface area contributed by atoms with Crippen molar-refractivity contribution in [1.82, 2.24) is 4.98 Å². The summed E-state index contributed by atoms with van der Waals surface area (Å²) < 4.78 is 4.96. The predicted octanol–water partition coefficient (Wildman–Crippen LogP) is 2.51. The molecular weight excluding hydrogens is 262 g/mol. The maximum absolute atomic E-state index is 11.6. The molecule has 5 nitrogen and oxygen atoms in total. The molecule has 19 heavy (non-hydrogen) atoms. The lowest BCUT2D eigenvalue weighted by atomic mass is 10.1. The lowest BCUT2D eigenvalue weighted by Gasteiger charge is -2.10. The van der Waals surface area contributed by atoms with Crippen molar-refractivity contribution >= 4 is 28.7 Å². The third-order valence-corrected chi connectivity index (χ3v) is 3.26. The second-order valence-corrected chi connectivity index (χ2v) is 4.78. The third-order valence-electron chi connectivity index (χ3n) is 2.48. The van der Waals surface area contributed by atoms with E-state index >= 15 is 0 Å². The number of carbonyl (C=O) groups excluding carboxylic acids is 1. The Morgan fingerprint density at radius 3 is 3.05 bits per heavy atom. The van der Waals surface area contributed by atoms with Crippen molar-refractivity contribution < 1.29 is 9.53 Å². The molecule has 0 radical (unpaired) electrons. The Bertz CT molecular complexity index is 555. The minimum absolute atomic E-state index is 0.347. The second-order valence-electron chi connectivity index (χ2n) is 3.80. The zero-order valence-corrected chi connectivity index (χ0v) is 11.4. The van der Waals surface area contributed by atoms with Gasteiger partial charge in [0.05, 0.1) is 30.1 Å². The first-order chi connectivity index (χ1) is 9.20. The van der Waals surface area contributed by atoms with Crippen LogP contribution in [0, 0.1) is 0 Å². The molecule has 0 aliphatic rings. The van der Waals surface area contributed by atoms with Gasteiger partial charge in [-0.15, -0.1) is 11.3 Å².